The fourth-order valence-electron chi connectivity index (χ4n) is 4.96. The molecule has 41 heavy (non-hydrogen) atoms. The van der Waals surface area contributed by atoms with Crippen molar-refractivity contribution in [2.75, 3.05) is 26.4 Å². The van der Waals surface area contributed by atoms with E-state index in [0.717, 1.165) is 5.56 Å². The van der Waals surface area contributed by atoms with Crippen LogP contribution in [0, 0.1) is 0 Å². The van der Waals surface area contributed by atoms with E-state index in [9.17, 15) is 19.5 Å². The number of benzene rings is 2. The highest BCUT2D eigenvalue weighted by Gasteiger charge is 2.27. The quantitative estimate of drug-likeness (QED) is 0.302. The highest BCUT2D eigenvalue weighted by Crippen LogP contribution is 2.36. The van der Waals surface area contributed by atoms with Gasteiger partial charge in [-0.2, -0.15) is 0 Å². The van der Waals surface area contributed by atoms with Gasteiger partial charge in [0.25, 0.3) is 0 Å². The van der Waals surface area contributed by atoms with Gasteiger partial charge in [-0.25, -0.2) is 4.79 Å². The van der Waals surface area contributed by atoms with Gasteiger partial charge in [-0.3, -0.25) is 14.6 Å². The summed E-state index contributed by atoms with van der Waals surface area (Å²) in [6.07, 6.45) is 0.549. The maximum atomic E-state index is 12.7. The highest BCUT2D eigenvalue weighted by atomic mass is 16.7. The topological polar surface area (TPSA) is 143 Å². The van der Waals surface area contributed by atoms with Gasteiger partial charge in [0.15, 0.2) is 23.2 Å². The molecule has 0 radical (unpaired) electrons. The van der Waals surface area contributed by atoms with Crippen molar-refractivity contribution in [2.24, 2.45) is 4.99 Å². The molecular formula is C30H34N4O7. The first-order chi connectivity index (χ1) is 19.5. The summed E-state index contributed by atoms with van der Waals surface area (Å²) >= 11 is 0. The fourth-order valence-corrected chi connectivity index (χ4v) is 4.96. The normalized spacial score (nSPS) is 15.7. The molecule has 5 rings (SSSR count). The molecule has 3 N–H and O–H groups in total. The van der Waals surface area contributed by atoms with E-state index in [1.54, 1.807) is 49.9 Å². The van der Waals surface area contributed by atoms with Crippen LogP contribution in [0.3, 0.4) is 0 Å². The molecular weight excluding hydrogens is 528 g/mol. The molecule has 1 fully saturated rings. The van der Waals surface area contributed by atoms with E-state index in [1.807, 2.05) is 12.1 Å². The van der Waals surface area contributed by atoms with E-state index in [-0.39, 0.29) is 36.9 Å². The Bertz CT molecular complexity index is 1530. The van der Waals surface area contributed by atoms with E-state index < -0.39 is 11.7 Å². The molecule has 1 aromatic heterocycles. The predicted octanol–water partition coefficient (Wildman–Crippen LogP) is 4.16. The smallest absolute Gasteiger partial charge is 0.408 e. The van der Waals surface area contributed by atoms with Crippen LogP contribution in [0.4, 0.5) is 4.79 Å². The van der Waals surface area contributed by atoms with Crippen LogP contribution in [0.2, 0.25) is 0 Å². The second-order valence-corrected chi connectivity index (χ2v) is 11.2. The molecule has 1 saturated heterocycles. The zero-order valence-corrected chi connectivity index (χ0v) is 23.6. The average molecular weight is 563 g/mol. The summed E-state index contributed by atoms with van der Waals surface area (Å²) in [7, 11) is 0. The van der Waals surface area contributed by atoms with Gasteiger partial charge in [0.2, 0.25) is 12.7 Å². The van der Waals surface area contributed by atoms with Crippen molar-refractivity contribution in [1.29, 1.82) is 0 Å². The van der Waals surface area contributed by atoms with Gasteiger partial charge in [0.1, 0.15) is 12.1 Å². The lowest BCUT2D eigenvalue weighted by atomic mass is 9.97. The van der Waals surface area contributed by atoms with E-state index >= 15 is 0 Å². The van der Waals surface area contributed by atoms with Crippen molar-refractivity contribution < 1.29 is 33.7 Å². The first-order valence-corrected chi connectivity index (χ1v) is 13.6. The van der Waals surface area contributed by atoms with Gasteiger partial charge in [-0.05, 0) is 76.9 Å². The number of aromatic nitrogens is 1. The van der Waals surface area contributed by atoms with Crippen LogP contribution in [-0.4, -0.2) is 76.6 Å². The number of aliphatic imine (C=N–C) groups is 1. The number of ketones is 1. The monoisotopic (exact) mass is 562 g/mol. The Morgan fingerprint density at radius 3 is 2.49 bits per heavy atom. The largest absolute Gasteiger partial charge is 0.494 e. The number of likely N-dealkylation sites (tertiary alicyclic amines) is 1. The van der Waals surface area contributed by atoms with Gasteiger partial charge in [-0.15, -0.1) is 0 Å². The number of carbonyl (C=O) groups is 3. The van der Waals surface area contributed by atoms with Crippen LogP contribution < -0.4 is 14.8 Å². The summed E-state index contributed by atoms with van der Waals surface area (Å²) in [5.74, 6) is 0.871. The third-order valence-corrected chi connectivity index (χ3v) is 6.98. The molecule has 0 spiro atoms. The number of H-pyrrole nitrogens is 1. The summed E-state index contributed by atoms with van der Waals surface area (Å²) < 4.78 is 16.3. The van der Waals surface area contributed by atoms with Crippen molar-refractivity contribution in [2.45, 2.75) is 52.2 Å². The number of alkyl carbamates (subject to hydrolysis) is 1. The minimum absolute atomic E-state index is 0.0575. The molecule has 2 aliphatic heterocycles. The number of amides is 2. The minimum atomic E-state index is -0.647. The lowest BCUT2D eigenvalue weighted by molar-refractivity contribution is -0.131. The summed E-state index contributed by atoms with van der Waals surface area (Å²) in [5.41, 5.74) is 2.31. The molecule has 0 atom stereocenters. The Morgan fingerprint density at radius 2 is 1.78 bits per heavy atom. The van der Waals surface area contributed by atoms with Crippen LogP contribution in [0.15, 0.2) is 41.4 Å². The number of aromatic hydroxyl groups is 1. The number of hydrogen-bond acceptors (Lipinski definition) is 8. The number of rotatable bonds is 6. The van der Waals surface area contributed by atoms with Crippen LogP contribution in [0.25, 0.3) is 10.9 Å². The summed E-state index contributed by atoms with van der Waals surface area (Å²) in [6.45, 7) is 7.69. The van der Waals surface area contributed by atoms with E-state index in [4.69, 9.17) is 19.2 Å². The molecule has 2 amide bonds. The number of Topliss-reactive ketones (excluding diaryl/α,β-unsaturated/α-hetero) is 1. The van der Waals surface area contributed by atoms with Crippen molar-refractivity contribution >= 4 is 34.4 Å². The third kappa shape index (κ3) is 6.29. The lowest BCUT2D eigenvalue weighted by Crippen LogP contribution is -2.45. The highest BCUT2D eigenvalue weighted by molar-refractivity contribution is 6.22. The molecule has 11 nitrogen and oxygen atoms in total. The lowest BCUT2D eigenvalue weighted by Gasteiger charge is -2.31. The maximum Gasteiger partial charge on any atom is 0.408 e. The number of nitrogens with one attached hydrogen (secondary N) is 2. The second-order valence-electron chi connectivity index (χ2n) is 11.2. The molecule has 216 valence electrons. The van der Waals surface area contributed by atoms with Crippen molar-refractivity contribution in [3.8, 4) is 17.4 Å². The van der Waals surface area contributed by atoms with Crippen molar-refractivity contribution in [3.05, 3.63) is 53.1 Å². The molecule has 2 aliphatic rings. The van der Waals surface area contributed by atoms with Crippen LogP contribution in [-0.2, 0) is 9.53 Å². The van der Waals surface area contributed by atoms with Gasteiger partial charge < -0.3 is 34.5 Å². The molecule has 0 bridgehead atoms. The Kier molecular flexibility index (Phi) is 7.61. The SMILES string of the molecule is CC(=O)c1ccc2[nH]c(O)c(C(=NC3CCN(C(=O)CNC(=O)OC(C)(C)C)CC3)c3ccc4c(c3)OCO4)c2c1. The molecule has 2 aromatic carbocycles. The van der Waals surface area contributed by atoms with E-state index in [1.165, 1.54) is 6.92 Å². The summed E-state index contributed by atoms with van der Waals surface area (Å²) in [5, 5.41) is 14.2. The van der Waals surface area contributed by atoms with Crippen molar-refractivity contribution in [1.82, 2.24) is 15.2 Å². The molecule has 0 aliphatic carbocycles. The fraction of sp³-hybridized carbons (Fsp3) is 0.400. The number of piperidine rings is 1. The number of nitrogens with zero attached hydrogens (tertiary/aromatic N) is 2. The number of hydrogen-bond donors (Lipinski definition) is 3. The first kappa shape index (κ1) is 28.0. The minimum Gasteiger partial charge on any atom is -0.494 e. The molecule has 11 heteroatoms. The summed E-state index contributed by atoms with van der Waals surface area (Å²) in [6, 6.07) is 10.6. The molecule has 3 aromatic rings. The van der Waals surface area contributed by atoms with Gasteiger partial charge in [0.05, 0.1) is 17.3 Å². The van der Waals surface area contributed by atoms with E-state index in [2.05, 4.69) is 10.3 Å². The van der Waals surface area contributed by atoms with Crippen LogP contribution >= 0.6 is 0 Å². The maximum absolute atomic E-state index is 12.7. The number of aromatic amines is 1. The standard InChI is InChI=1S/C30H34N4O7/c1-17(35)18-5-7-22-21(13-18)26(28(37)33-22)27(19-6-8-23-24(14-19)40-16-39-23)32-20-9-11-34(12-10-20)25(36)15-31-29(38)41-30(2,3)4/h5-8,13-14,20,33,37H,9-12,15-16H2,1-4H3,(H,31,38). The Morgan fingerprint density at radius 1 is 1.07 bits per heavy atom. The number of fused-ring (bicyclic) bond motifs is 2. The van der Waals surface area contributed by atoms with Gasteiger partial charge in [-0.1, -0.05) is 0 Å². The number of carbonyl (C=O) groups excluding carboxylic acids is 3. The molecule has 0 saturated carbocycles. The molecule has 0 unspecified atom stereocenters. The van der Waals surface area contributed by atoms with E-state index in [0.29, 0.717) is 65.2 Å². The Balaban J connectivity index is 1.40. The van der Waals surface area contributed by atoms with Crippen molar-refractivity contribution in [3.63, 3.8) is 0 Å². The zero-order chi connectivity index (χ0) is 29.3. The summed E-state index contributed by atoms with van der Waals surface area (Å²) in [4.78, 5) is 46.6. The zero-order valence-electron chi connectivity index (χ0n) is 23.6. The third-order valence-electron chi connectivity index (χ3n) is 6.98. The average Bonchev–Trinajstić information content (AvgIpc) is 3.52. The first-order valence-electron chi connectivity index (χ1n) is 13.6. The van der Waals surface area contributed by atoms with Gasteiger partial charge in [0, 0.05) is 35.1 Å². The van der Waals surface area contributed by atoms with Gasteiger partial charge >= 0.3 is 6.09 Å². The number of ether oxygens (including phenoxy) is 3. The Hall–Kier alpha value is -4.54. The Labute approximate surface area is 237 Å². The second kappa shape index (κ2) is 11.1. The predicted molar refractivity (Wildman–Crippen MR) is 152 cm³/mol. The van der Waals surface area contributed by atoms with Crippen LogP contribution in [0.5, 0.6) is 17.4 Å². The van der Waals surface area contributed by atoms with Crippen LogP contribution in [0.1, 0.15) is 62.0 Å². The molecule has 3 heterocycles.